The fourth-order valence-corrected chi connectivity index (χ4v) is 2.56. The van der Waals surface area contributed by atoms with Crippen molar-refractivity contribution < 1.29 is 9.53 Å². The van der Waals surface area contributed by atoms with Crippen LogP contribution in [0.2, 0.25) is 0 Å². The highest BCUT2D eigenvalue weighted by Crippen LogP contribution is 2.29. The van der Waals surface area contributed by atoms with E-state index in [1.54, 1.807) is 32.4 Å². The van der Waals surface area contributed by atoms with E-state index in [0.29, 0.717) is 30.0 Å². The summed E-state index contributed by atoms with van der Waals surface area (Å²) < 4.78 is 5.23. The number of likely N-dealkylation sites (N-methyl/N-ethyl adjacent to an activating group) is 1. The number of allylic oxidation sites excluding steroid dienone is 1. The highest BCUT2D eigenvalue weighted by molar-refractivity contribution is 5.96. The van der Waals surface area contributed by atoms with Gasteiger partial charge in [0, 0.05) is 43.0 Å². The van der Waals surface area contributed by atoms with Crippen molar-refractivity contribution in [3.63, 3.8) is 0 Å². The van der Waals surface area contributed by atoms with E-state index < -0.39 is 0 Å². The first-order valence-electron chi connectivity index (χ1n) is 8.63. The minimum atomic E-state index is -0.117. The Labute approximate surface area is 159 Å². The van der Waals surface area contributed by atoms with E-state index in [-0.39, 0.29) is 5.91 Å². The van der Waals surface area contributed by atoms with Gasteiger partial charge in [0.15, 0.2) is 0 Å². The molecule has 6 heteroatoms. The van der Waals surface area contributed by atoms with Gasteiger partial charge in [0.05, 0.1) is 18.8 Å². The van der Waals surface area contributed by atoms with Crippen LogP contribution in [0.3, 0.4) is 0 Å². The summed E-state index contributed by atoms with van der Waals surface area (Å²) in [5.41, 5.74) is 3.55. The number of methoxy groups -OCH3 is 1. The van der Waals surface area contributed by atoms with Crippen LogP contribution in [-0.4, -0.2) is 40.2 Å². The van der Waals surface area contributed by atoms with Crippen LogP contribution < -0.4 is 20.7 Å². The van der Waals surface area contributed by atoms with Gasteiger partial charge in [0.2, 0.25) is 0 Å². The second-order valence-corrected chi connectivity index (χ2v) is 5.81. The van der Waals surface area contributed by atoms with Crippen molar-refractivity contribution in [2.45, 2.75) is 0 Å². The molecule has 0 bridgehead atoms. The predicted octanol–water partition coefficient (Wildman–Crippen LogP) is 2.75. The molecule has 0 saturated heterocycles. The number of benzene rings is 2. The molecule has 0 aliphatic rings. The molecule has 0 aliphatic heterocycles. The van der Waals surface area contributed by atoms with Crippen molar-refractivity contribution in [2.24, 2.45) is 0 Å². The summed E-state index contributed by atoms with van der Waals surface area (Å²) >= 11 is 0. The molecule has 140 valence electrons. The molecule has 3 N–H and O–H groups in total. The molecular weight excluding hydrogens is 340 g/mol. The Kier molecular flexibility index (Phi) is 7.41. The van der Waals surface area contributed by atoms with Gasteiger partial charge < -0.3 is 20.7 Å². The molecule has 0 aromatic heterocycles. The van der Waals surface area contributed by atoms with Gasteiger partial charge in [-0.15, -0.1) is 0 Å². The van der Waals surface area contributed by atoms with Gasteiger partial charge in [-0.3, -0.25) is 4.79 Å². The molecule has 0 heterocycles. The first-order chi connectivity index (χ1) is 13.1. The monoisotopic (exact) mass is 364 g/mol. The molecule has 2 aromatic carbocycles. The van der Waals surface area contributed by atoms with E-state index in [4.69, 9.17) is 4.74 Å². The highest BCUT2D eigenvalue weighted by atomic mass is 16.5. The number of nitrogens with zero attached hydrogens (tertiary/aromatic N) is 1. The number of nitriles is 1. The number of anilines is 1. The van der Waals surface area contributed by atoms with Crippen LogP contribution in [0.1, 0.15) is 21.5 Å². The van der Waals surface area contributed by atoms with Crippen molar-refractivity contribution in [3.05, 3.63) is 59.2 Å². The summed E-state index contributed by atoms with van der Waals surface area (Å²) in [7, 11) is 5.24. The predicted molar refractivity (Wildman–Crippen MR) is 109 cm³/mol. The van der Waals surface area contributed by atoms with Crippen LogP contribution in [0.4, 0.5) is 5.69 Å². The highest BCUT2D eigenvalue weighted by Gasteiger charge is 2.09. The first kappa shape index (κ1) is 20.0. The number of ether oxygens (including phenoxy) is 1. The van der Waals surface area contributed by atoms with Crippen LogP contribution in [0.5, 0.6) is 5.75 Å². The lowest BCUT2D eigenvalue weighted by molar-refractivity contribution is 0.0954. The summed E-state index contributed by atoms with van der Waals surface area (Å²) in [4.78, 5) is 12.0. The van der Waals surface area contributed by atoms with Crippen LogP contribution in [-0.2, 0) is 0 Å². The summed E-state index contributed by atoms with van der Waals surface area (Å²) in [6.45, 7) is 1.29. The van der Waals surface area contributed by atoms with Crippen molar-refractivity contribution in [2.75, 3.05) is 39.6 Å². The molecule has 0 radical (unpaired) electrons. The number of amides is 1. The lowest BCUT2D eigenvalue weighted by atomic mass is 10.0. The molecule has 27 heavy (non-hydrogen) atoms. The third-order valence-electron chi connectivity index (χ3n) is 4.05. The minimum Gasteiger partial charge on any atom is -0.497 e. The van der Waals surface area contributed by atoms with E-state index in [2.05, 4.69) is 22.0 Å². The van der Waals surface area contributed by atoms with Crippen molar-refractivity contribution in [1.29, 1.82) is 5.26 Å². The van der Waals surface area contributed by atoms with E-state index >= 15 is 0 Å². The summed E-state index contributed by atoms with van der Waals surface area (Å²) in [6, 6.07) is 14.9. The molecule has 1 amide bonds. The number of carbonyl (C=O) groups excluding carboxylic acids is 1. The second-order valence-electron chi connectivity index (χ2n) is 5.81. The zero-order valence-corrected chi connectivity index (χ0v) is 15.8. The molecule has 2 aromatic rings. The van der Waals surface area contributed by atoms with Gasteiger partial charge in [-0.25, -0.2) is 0 Å². The molecule has 0 atom stereocenters. The van der Waals surface area contributed by atoms with Gasteiger partial charge in [-0.05, 0) is 43.0 Å². The average Bonchev–Trinajstić information content (AvgIpc) is 2.72. The van der Waals surface area contributed by atoms with Gasteiger partial charge in [-0.1, -0.05) is 12.1 Å². The molecule has 0 spiro atoms. The number of carbonyl (C=O) groups is 1. The molecule has 0 unspecified atom stereocenters. The summed E-state index contributed by atoms with van der Waals surface area (Å²) in [6.07, 6.45) is 1.80. The molecule has 0 saturated carbocycles. The largest absolute Gasteiger partial charge is 0.497 e. The Bertz CT molecular complexity index is 851. The Morgan fingerprint density at radius 1 is 1.15 bits per heavy atom. The molecule has 0 aliphatic carbocycles. The quantitative estimate of drug-likeness (QED) is 0.381. The lowest BCUT2D eigenvalue weighted by Gasteiger charge is -2.10. The molecule has 6 nitrogen and oxygen atoms in total. The van der Waals surface area contributed by atoms with Gasteiger partial charge in [-0.2, -0.15) is 5.26 Å². The van der Waals surface area contributed by atoms with Crippen molar-refractivity contribution in [3.8, 4) is 11.8 Å². The number of hydrogen-bond donors (Lipinski definition) is 3. The van der Waals surface area contributed by atoms with Crippen molar-refractivity contribution >= 4 is 23.2 Å². The van der Waals surface area contributed by atoms with Crippen LogP contribution in [0.25, 0.3) is 11.6 Å². The fourth-order valence-electron chi connectivity index (χ4n) is 2.56. The summed E-state index contributed by atoms with van der Waals surface area (Å²) in [5.74, 6) is 0.600. The Morgan fingerprint density at radius 3 is 2.48 bits per heavy atom. The third kappa shape index (κ3) is 5.33. The van der Waals surface area contributed by atoms with Crippen LogP contribution >= 0.6 is 0 Å². The van der Waals surface area contributed by atoms with Gasteiger partial charge in [0.1, 0.15) is 5.75 Å². The smallest absolute Gasteiger partial charge is 0.251 e. The Morgan fingerprint density at radius 2 is 1.89 bits per heavy atom. The van der Waals surface area contributed by atoms with Crippen LogP contribution in [0.15, 0.2) is 42.5 Å². The Balaban J connectivity index is 2.23. The minimum absolute atomic E-state index is 0.117. The number of hydrogen-bond acceptors (Lipinski definition) is 5. The van der Waals surface area contributed by atoms with E-state index in [9.17, 15) is 10.1 Å². The topological polar surface area (TPSA) is 86.2 Å². The first-order valence-corrected chi connectivity index (χ1v) is 8.63. The van der Waals surface area contributed by atoms with Crippen LogP contribution in [0, 0.1) is 11.3 Å². The second kappa shape index (κ2) is 10.00. The maximum absolute atomic E-state index is 12.0. The SMILES string of the molecule is CNCCNC(=O)c1ccc(/C=C(\C#N)c2ccc(OC)cc2NC)cc1. The zero-order valence-electron chi connectivity index (χ0n) is 15.8. The maximum Gasteiger partial charge on any atom is 0.251 e. The van der Waals surface area contributed by atoms with Gasteiger partial charge >= 0.3 is 0 Å². The third-order valence-corrected chi connectivity index (χ3v) is 4.05. The normalized spacial score (nSPS) is 10.8. The van der Waals surface area contributed by atoms with Gasteiger partial charge in [0.25, 0.3) is 5.91 Å². The lowest BCUT2D eigenvalue weighted by Crippen LogP contribution is -2.30. The molecule has 0 fully saturated rings. The van der Waals surface area contributed by atoms with E-state index in [1.807, 2.05) is 37.4 Å². The van der Waals surface area contributed by atoms with E-state index in [1.165, 1.54) is 0 Å². The fraction of sp³-hybridized carbons (Fsp3) is 0.238. The Hall–Kier alpha value is -3.30. The molecular formula is C21H24N4O2. The summed E-state index contributed by atoms with van der Waals surface area (Å²) in [5, 5.41) is 18.5. The number of nitrogens with one attached hydrogen (secondary N) is 3. The standard InChI is InChI=1S/C21H24N4O2/c1-23-10-11-25-21(26)16-6-4-15(5-7-16)12-17(14-22)19-9-8-18(27-3)13-20(19)24-2/h4-9,12-13,23-24H,10-11H2,1-3H3,(H,25,26)/b17-12+. The maximum atomic E-state index is 12.0. The van der Waals surface area contributed by atoms with Crippen molar-refractivity contribution in [1.82, 2.24) is 10.6 Å². The van der Waals surface area contributed by atoms with E-state index in [0.717, 1.165) is 16.8 Å². The number of rotatable bonds is 8. The average molecular weight is 364 g/mol. The zero-order chi connectivity index (χ0) is 19.6. The molecule has 2 rings (SSSR count).